The topological polar surface area (TPSA) is 71.4 Å². The van der Waals surface area contributed by atoms with E-state index in [1.54, 1.807) is 34.6 Å². The van der Waals surface area contributed by atoms with Crippen molar-refractivity contribution in [1.82, 2.24) is 0 Å². The minimum absolute atomic E-state index is 0.256. The van der Waals surface area contributed by atoms with Gasteiger partial charge in [-0.15, -0.1) is 0 Å². The maximum Gasteiger partial charge on any atom is 0.158 e. The average Bonchev–Trinajstić information content (AvgIpc) is 2.34. The van der Waals surface area contributed by atoms with Crippen LogP contribution in [0.5, 0.6) is 0 Å². The van der Waals surface area contributed by atoms with Gasteiger partial charge < -0.3 is 5.11 Å². The van der Waals surface area contributed by atoms with Gasteiger partial charge >= 0.3 is 0 Å². The Morgan fingerprint density at radius 1 is 1.26 bits per heavy atom. The summed E-state index contributed by atoms with van der Waals surface area (Å²) in [6, 6.07) is 0. The third-order valence-electron chi connectivity index (χ3n) is 4.51. The molecule has 3 unspecified atom stereocenters. The maximum atomic E-state index is 12.4. The van der Waals surface area contributed by atoms with Crippen LogP contribution in [0.1, 0.15) is 48.0 Å². The molecule has 0 aromatic carbocycles. The van der Waals surface area contributed by atoms with Gasteiger partial charge in [0.2, 0.25) is 0 Å². The van der Waals surface area contributed by atoms with Gasteiger partial charge in [-0.1, -0.05) is 27.7 Å². The van der Waals surface area contributed by atoms with Crippen LogP contribution in [0.2, 0.25) is 0 Å². The van der Waals surface area contributed by atoms with Crippen molar-refractivity contribution >= 4 is 17.3 Å². The van der Waals surface area contributed by atoms with E-state index in [2.05, 4.69) is 0 Å². The highest BCUT2D eigenvalue weighted by Crippen LogP contribution is 2.44. The van der Waals surface area contributed by atoms with Gasteiger partial charge in [-0.25, -0.2) is 0 Å². The fourth-order valence-electron chi connectivity index (χ4n) is 2.79. The van der Waals surface area contributed by atoms with Gasteiger partial charge in [0.1, 0.15) is 11.7 Å². The summed E-state index contributed by atoms with van der Waals surface area (Å²) < 4.78 is 0. The van der Waals surface area contributed by atoms with E-state index >= 15 is 0 Å². The first kappa shape index (κ1) is 16.0. The molecule has 0 spiro atoms. The Balaban J connectivity index is 3.29. The van der Waals surface area contributed by atoms with E-state index < -0.39 is 28.6 Å². The molecule has 19 heavy (non-hydrogen) atoms. The molecule has 0 saturated heterocycles. The third-order valence-corrected chi connectivity index (χ3v) is 4.51. The molecule has 3 atom stereocenters. The van der Waals surface area contributed by atoms with Crippen LogP contribution in [0.4, 0.5) is 0 Å². The Hall–Kier alpha value is -1.03. The summed E-state index contributed by atoms with van der Waals surface area (Å²) in [6.07, 6.45) is -0.619. The molecule has 0 radical (unpaired) electrons. The molecule has 4 heteroatoms. The molecule has 0 aliphatic heterocycles. The SMILES string of the molecule is CCC(C)C(=O)C1C(=O)C(C)(C)C(=O)C(C)(C)C1O. The van der Waals surface area contributed by atoms with Gasteiger partial charge in [0.15, 0.2) is 11.6 Å². The van der Waals surface area contributed by atoms with E-state index in [0.717, 1.165) is 0 Å². The Labute approximate surface area is 114 Å². The maximum absolute atomic E-state index is 12.4. The summed E-state index contributed by atoms with van der Waals surface area (Å²) in [5.74, 6) is -2.38. The molecule has 0 amide bonds. The first-order chi connectivity index (χ1) is 8.49. The molecule has 0 heterocycles. The van der Waals surface area contributed by atoms with Gasteiger partial charge in [-0.3, -0.25) is 14.4 Å². The smallest absolute Gasteiger partial charge is 0.158 e. The number of hydrogen-bond donors (Lipinski definition) is 1. The second-order valence-electron chi connectivity index (χ2n) is 6.67. The number of rotatable bonds is 3. The predicted octanol–water partition coefficient (Wildman–Crippen LogP) is 1.78. The first-order valence-electron chi connectivity index (χ1n) is 6.80. The highest BCUT2D eigenvalue weighted by molar-refractivity contribution is 6.19. The minimum atomic E-state index is -1.23. The van der Waals surface area contributed by atoms with Gasteiger partial charge in [0.05, 0.1) is 16.9 Å². The van der Waals surface area contributed by atoms with Crippen molar-refractivity contribution in [2.75, 3.05) is 0 Å². The summed E-state index contributed by atoms with van der Waals surface area (Å²) >= 11 is 0. The molecule has 4 nitrogen and oxygen atoms in total. The van der Waals surface area contributed by atoms with Crippen LogP contribution >= 0.6 is 0 Å². The van der Waals surface area contributed by atoms with Gasteiger partial charge in [-0.05, 0) is 20.3 Å². The standard InChI is InChI=1S/C15H24O4/c1-7-8(2)10(16)9-11(17)14(3,4)13(19)15(5,6)12(9)18/h8-9,11,17H,7H2,1-6H3. The largest absolute Gasteiger partial charge is 0.391 e. The molecule has 1 N–H and O–H groups in total. The molecule has 1 aliphatic rings. The molecule has 1 saturated carbocycles. The second-order valence-corrected chi connectivity index (χ2v) is 6.67. The van der Waals surface area contributed by atoms with E-state index in [-0.39, 0.29) is 17.5 Å². The molecule has 0 aromatic rings. The highest BCUT2D eigenvalue weighted by atomic mass is 16.3. The van der Waals surface area contributed by atoms with Gasteiger partial charge in [-0.2, -0.15) is 0 Å². The molecule has 1 fully saturated rings. The van der Waals surface area contributed by atoms with Crippen molar-refractivity contribution in [3.8, 4) is 0 Å². The number of Topliss-reactive ketones (excluding diaryl/α,β-unsaturated/α-hetero) is 3. The third kappa shape index (κ3) is 2.27. The molecule has 0 bridgehead atoms. The monoisotopic (exact) mass is 268 g/mol. The fraction of sp³-hybridized carbons (Fsp3) is 0.800. The predicted molar refractivity (Wildman–Crippen MR) is 71.5 cm³/mol. The van der Waals surface area contributed by atoms with Crippen molar-refractivity contribution in [2.24, 2.45) is 22.7 Å². The van der Waals surface area contributed by atoms with Crippen molar-refractivity contribution in [2.45, 2.75) is 54.1 Å². The summed E-state index contributed by atoms with van der Waals surface area (Å²) in [5.41, 5.74) is -2.29. The number of hydrogen-bond acceptors (Lipinski definition) is 4. The van der Waals surface area contributed by atoms with Crippen LogP contribution in [0, 0.1) is 22.7 Å². The zero-order chi connectivity index (χ0) is 15.2. The second kappa shape index (κ2) is 4.82. The molecule has 1 aliphatic carbocycles. The Bertz CT molecular complexity index is 420. The van der Waals surface area contributed by atoms with Crippen molar-refractivity contribution in [3.63, 3.8) is 0 Å². The van der Waals surface area contributed by atoms with Crippen LogP contribution in [0.25, 0.3) is 0 Å². The molecular formula is C15H24O4. The van der Waals surface area contributed by atoms with Crippen molar-refractivity contribution in [3.05, 3.63) is 0 Å². The Kier molecular flexibility index (Phi) is 4.06. The number of carbonyl (C=O) groups excluding carboxylic acids is 3. The Morgan fingerprint density at radius 2 is 1.74 bits per heavy atom. The van der Waals surface area contributed by atoms with Crippen LogP contribution in [0.15, 0.2) is 0 Å². The number of ketones is 3. The normalized spacial score (nSPS) is 31.1. The number of aliphatic hydroxyl groups is 1. The van der Waals surface area contributed by atoms with Gasteiger partial charge in [0.25, 0.3) is 0 Å². The Morgan fingerprint density at radius 3 is 2.16 bits per heavy atom. The van der Waals surface area contributed by atoms with E-state index in [1.807, 2.05) is 6.92 Å². The number of aliphatic hydroxyl groups excluding tert-OH is 1. The summed E-state index contributed by atoms with van der Waals surface area (Å²) in [6.45, 7) is 9.91. The zero-order valence-corrected chi connectivity index (χ0v) is 12.6. The van der Waals surface area contributed by atoms with Crippen molar-refractivity contribution in [1.29, 1.82) is 0 Å². The lowest BCUT2D eigenvalue weighted by Crippen LogP contribution is -2.61. The lowest BCUT2D eigenvalue weighted by Gasteiger charge is -2.45. The van der Waals surface area contributed by atoms with Crippen LogP contribution in [-0.4, -0.2) is 28.6 Å². The average molecular weight is 268 g/mol. The zero-order valence-electron chi connectivity index (χ0n) is 12.6. The summed E-state index contributed by atoms with van der Waals surface area (Å²) in [4.78, 5) is 37.1. The van der Waals surface area contributed by atoms with Crippen LogP contribution in [0.3, 0.4) is 0 Å². The minimum Gasteiger partial charge on any atom is -0.391 e. The van der Waals surface area contributed by atoms with Crippen molar-refractivity contribution < 1.29 is 19.5 Å². The van der Waals surface area contributed by atoms with E-state index in [9.17, 15) is 19.5 Å². The van der Waals surface area contributed by atoms with E-state index in [1.165, 1.54) is 0 Å². The van der Waals surface area contributed by atoms with Crippen LogP contribution in [-0.2, 0) is 14.4 Å². The molecule has 1 rings (SSSR count). The lowest BCUT2D eigenvalue weighted by molar-refractivity contribution is -0.168. The highest BCUT2D eigenvalue weighted by Gasteiger charge is 2.59. The lowest BCUT2D eigenvalue weighted by atomic mass is 9.56. The molecule has 108 valence electrons. The summed E-state index contributed by atoms with van der Waals surface area (Å²) in [7, 11) is 0. The molecular weight excluding hydrogens is 244 g/mol. The summed E-state index contributed by atoms with van der Waals surface area (Å²) in [5, 5.41) is 10.3. The fourth-order valence-corrected chi connectivity index (χ4v) is 2.79. The quantitative estimate of drug-likeness (QED) is 0.792. The molecule has 0 aromatic heterocycles. The van der Waals surface area contributed by atoms with Gasteiger partial charge in [0, 0.05) is 5.92 Å². The van der Waals surface area contributed by atoms with E-state index in [4.69, 9.17) is 0 Å². The first-order valence-corrected chi connectivity index (χ1v) is 6.80. The number of carbonyl (C=O) groups is 3. The van der Waals surface area contributed by atoms with E-state index in [0.29, 0.717) is 6.42 Å². The van der Waals surface area contributed by atoms with Crippen LogP contribution < -0.4 is 0 Å².